The van der Waals surface area contributed by atoms with Crippen LogP contribution in [0.1, 0.15) is 57.9 Å². The van der Waals surface area contributed by atoms with E-state index in [1.165, 1.54) is 24.3 Å². The first-order valence-corrected chi connectivity index (χ1v) is 8.44. The van der Waals surface area contributed by atoms with Crippen LogP contribution < -0.4 is 5.32 Å². The highest BCUT2D eigenvalue weighted by atomic mass is 32.1. The van der Waals surface area contributed by atoms with Gasteiger partial charge in [-0.3, -0.25) is 0 Å². The number of hydrogen-bond donors (Lipinski definition) is 1. The lowest BCUT2D eigenvalue weighted by Gasteiger charge is -2.43. The molecule has 1 aromatic rings. The maximum atomic E-state index is 4.44. The predicted molar refractivity (Wildman–Crippen MR) is 81.5 cm³/mol. The van der Waals surface area contributed by atoms with Crippen molar-refractivity contribution in [2.45, 2.75) is 58.9 Å². The monoisotopic (exact) mass is 278 g/mol. The molecule has 0 spiro atoms. The van der Waals surface area contributed by atoms with E-state index in [1.54, 1.807) is 11.3 Å². The van der Waals surface area contributed by atoms with Gasteiger partial charge in [-0.2, -0.15) is 0 Å². The summed E-state index contributed by atoms with van der Waals surface area (Å²) >= 11 is 1.78. The molecule has 1 N–H and O–H groups in total. The second-order valence-corrected chi connectivity index (χ2v) is 8.45. The molecule has 0 amide bonds. The van der Waals surface area contributed by atoms with Crippen LogP contribution in [-0.2, 0) is 0 Å². The number of nitrogens with one attached hydrogen (secondary N) is 1. The van der Waals surface area contributed by atoms with Crippen LogP contribution in [0.15, 0.2) is 11.6 Å². The van der Waals surface area contributed by atoms with Crippen LogP contribution >= 0.6 is 11.3 Å². The van der Waals surface area contributed by atoms with Gasteiger partial charge in [0.1, 0.15) is 0 Å². The second kappa shape index (κ2) is 4.56. The summed E-state index contributed by atoms with van der Waals surface area (Å²) in [5.41, 5.74) is 0.979. The minimum absolute atomic E-state index is 0.454. The molecule has 0 saturated heterocycles. The van der Waals surface area contributed by atoms with Crippen LogP contribution in [0.4, 0.5) is 0 Å². The zero-order chi connectivity index (χ0) is 13.7. The Bertz CT molecular complexity index is 435. The summed E-state index contributed by atoms with van der Waals surface area (Å²) in [5, 5.41) is 7.24. The molecule has 0 aliphatic heterocycles. The Kier molecular flexibility index (Phi) is 3.25. The number of hydrogen-bond acceptors (Lipinski definition) is 3. The molecule has 2 fully saturated rings. The molecule has 0 radical (unpaired) electrons. The van der Waals surface area contributed by atoms with Gasteiger partial charge in [-0.1, -0.05) is 27.7 Å². The third-order valence-corrected chi connectivity index (χ3v) is 6.78. The Labute approximate surface area is 121 Å². The van der Waals surface area contributed by atoms with Gasteiger partial charge in [-0.25, -0.2) is 4.98 Å². The minimum atomic E-state index is 0.454. The molecule has 2 unspecified atom stereocenters. The van der Waals surface area contributed by atoms with Crippen molar-refractivity contribution >= 4 is 11.3 Å². The Hall–Kier alpha value is -0.410. The maximum Gasteiger partial charge on any atom is 0.0965 e. The summed E-state index contributed by atoms with van der Waals surface area (Å²) in [6.07, 6.45) is 6.18. The van der Waals surface area contributed by atoms with Gasteiger partial charge >= 0.3 is 0 Å². The largest absolute Gasteiger partial charge is 0.312 e. The molecule has 4 atom stereocenters. The van der Waals surface area contributed by atoms with Crippen molar-refractivity contribution in [1.82, 2.24) is 10.3 Å². The standard InChI is InChI=1S/C16H26N2S/c1-11(13-17-7-8-19-13)10-18-14-15(2,3)12-5-6-16(14,4)9-12/h7-8,11-12,14,18H,5-6,9-10H2,1-4H3/t11?,12-,14?,16+/m0/s1. The highest BCUT2D eigenvalue weighted by molar-refractivity contribution is 7.09. The summed E-state index contributed by atoms with van der Waals surface area (Å²) < 4.78 is 0. The van der Waals surface area contributed by atoms with Crippen molar-refractivity contribution in [3.63, 3.8) is 0 Å². The lowest BCUT2D eigenvalue weighted by atomic mass is 9.68. The van der Waals surface area contributed by atoms with E-state index in [0.717, 1.165) is 12.5 Å². The number of rotatable bonds is 4. The highest BCUT2D eigenvalue weighted by Crippen LogP contribution is 2.62. The zero-order valence-electron chi connectivity index (χ0n) is 12.6. The van der Waals surface area contributed by atoms with Crippen LogP contribution in [0.2, 0.25) is 0 Å². The van der Waals surface area contributed by atoms with Gasteiger partial charge in [-0.05, 0) is 36.0 Å². The molecule has 0 aromatic carbocycles. The first-order chi connectivity index (χ1) is 8.93. The first-order valence-electron chi connectivity index (χ1n) is 7.56. The van der Waals surface area contributed by atoms with Gasteiger partial charge in [0.2, 0.25) is 0 Å². The number of thiazole rings is 1. The Morgan fingerprint density at radius 1 is 1.47 bits per heavy atom. The van der Waals surface area contributed by atoms with Crippen molar-refractivity contribution in [1.29, 1.82) is 0 Å². The van der Waals surface area contributed by atoms with Crippen molar-refractivity contribution in [2.75, 3.05) is 6.54 Å². The summed E-state index contributed by atoms with van der Waals surface area (Å²) in [6, 6.07) is 0.668. The lowest BCUT2D eigenvalue weighted by molar-refractivity contribution is 0.108. The molecule has 1 heterocycles. The predicted octanol–water partition coefficient (Wildman–Crippen LogP) is 4.05. The number of fused-ring (bicyclic) bond motifs is 2. The molecule has 2 nitrogen and oxygen atoms in total. The zero-order valence-corrected chi connectivity index (χ0v) is 13.4. The lowest BCUT2D eigenvalue weighted by Crippen LogP contribution is -2.51. The average molecular weight is 278 g/mol. The molecule has 2 bridgehead atoms. The van der Waals surface area contributed by atoms with Crippen LogP contribution in [0, 0.1) is 16.7 Å². The first kappa shape index (κ1) is 13.6. The summed E-state index contributed by atoms with van der Waals surface area (Å²) in [7, 11) is 0. The summed E-state index contributed by atoms with van der Waals surface area (Å²) in [5.74, 6) is 1.45. The van der Waals surface area contributed by atoms with E-state index in [1.807, 2.05) is 6.20 Å². The van der Waals surface area contributed by atoms with E-state index in [0.29, 0.717) is 22.8 Å². The fourth-order valence-corrected chi connectivity index (χ4v) is 5.37. The average Bonchev–Trinajstić information content (AvgIpc) is 3.00. The van der Waals surface area contributed by atoms with Gasteiger partial charge in [0, 0.05) is 30.1 Å². The van der Waals surface area contributed by atoms with E-state index in [9.17, 15) is 0 Å². The van der Waals surface area contributed by atoms with E-state index in [-0.39, 0.29) is 0 Å². The van der Waals surface area contributed by atoms with Crippen molar-refractivity contribution in [2.24, 2.45) is 16.7 Å². The van der Waals surface area contributed by atoms with Gasteiger partial charge in [0.25, 0.3) is 0 Å². The van der Waals surface area contributed by atoms with Gasteiger partial charge in [0.05, 0.1) is 5.01 Å². The van der Waals surface area contributed by atoms with Gasteiger partial charge < -0.3 is 5.32 Å². The number of aromatic nitrogens is 1. The maximum absolute atomic E-state index is 4.44. The normalized spacial score (nSPS) is 37.7. The van der Waals surface area contributed by atoms with E-state index in [2.05, 4.69) is 43.4 Å². The molecule has 1 aromatic heterocycles. The smallest absolute Gasteiger partial charge is 0.0965 e. The van der Waals surface area contributed by atoms with E-state index >= 15 is 0 Å². The molecule has 2 aliphatic carbocycles. The van der Waals surface area contributed by atoms with Gasteiger partial charge in [0.15, 0.2) is 0 Å². The fourth-order valence-electron chi connectivity index (χ4n) is 4.67. The molecule has 3 heteroatoms. The van der Waals surface area contributed by atoms with Crippen molar-refractivity contribution in [3.8, 4) is 0 Å². The topological polar surface area (TPSA) is 24.9 Å². The van der Waals surface area contributed by atoms with Crippen LogP contribution in [0.25, 0.3) is 0 Å². The van der Waals surface area contributed by atoms with Crippen LogP contribution in [0.3, 0.4) is 0 Å². The Morgan fingerprint density at radius 2 is 2.26 bits per heavy atom. The van der Waals surface area contributed by atoms with E-state index in [4.69, 9.17) is 0 Å². The fraction of sp³-hybridized carbons (Fsp3) is 0.812. The Morgan fingerprint density at radius 3 is 2.84 bits per heavy atom. The van der Waals surface area contributed by atoms with Crippen LogP contribution in [0.5, 0.6) is 0 Å². The van der Waals surface area contributed by atoms with E-state index < -0.39 is 0 Å². The minimum Gasteiger partial charge on any atom is -0.312 e. The number of nitrogens with zero attached hydrogens (tertiary/aromatic N) is 1. The SMILES string of the molecule is CC(CNC1C(C)(C)[C@H]2CC[C@]1(C)C2)c1nccs1. The molecule has 2 saturated carbocycles. The molecule has 106 valence electrons. The molecule has 3 rings (SSSR count). The van der Waals surface area contributed by atoms with Crippen molar-refractivity contribution in [3.05, 3.63) is 16.6 Å². The quantitative estimate of drug-likeness (QED) is 0.898. The molecular formula is C16H26N2S. The third-order valence-electron chi connectivity index (χ3n) is 5.77. The molecule has 19 heavy (non-hydrogen) atoms. The summed E-state index contributed by atoms with van der Waals surface area (Å²) in [6.45, 7) is 10.8. The highest BCUT2D eigenvalue weighted by Gasteiger charge is 2.58. The summed E-state index contributed by atoms with van der Waals surface area (Å²) in [4.78, 5) is 4.44. The second-order valence-electron chi connectivity index (χ2n) is 7.53. The van der Waals surface area contributed by atoms with Gasteiger partial charge in [-0.15, -0.1) is 11.3 Å². The van der Waals surface area contributed by atoms with Crippen molar-refractivity contribution < 1.29 is 0 Å². The Balaban J connectivity index is 1.67. The van der Waals surface area contributed by atoms with Crippen LogP contribution in [-0.4, -0.2) is 17.6 Å². The third kappa shape index (κ3) is 2.15. The molecule has 2 aliphatic rings. The molecular weight excluding hydrogens is 252 g/mol.